The van der Waals surface area contributed by atoms with E-state index in [4.69, 9.17) is 4.74 Å². The van der Waals surface area contributed by atoms with Gasteiger partial charge in [0.25, 0.3) is 0 Å². The molecule has 1 aliphatic carbocycles. The molecule has 4 nitrogen and oxygen atoms in total. The molecule has 0 aliphatic heterocycles. The Balaban J connectivity index is 2.47. The molecule has 120 valence electrons. The summed E-state index contributed by atoms with van der Waals surface area (Å²) in [6.45, 7) is 11.1. The van der Waals surface area contributed by atoms with E-state index >= 15 is 0 Å². The number of rotatable bonds is 8. The average Bonchev–Trinajstić information content (AvgIpc) is 2.95. The monoisotopic (exact) mass is 296 g/mol. The first-order valence-corrected chi connectivity index (χ1v) is 7.65. The molecule has 1 rings (SSSR count). The van der Waals surface area contributed by atoms with E-state index < -0.39 is 23.3 Å². The largest absolute Gasteiger partial charge is 0.481 e. The van der Waals surface area contributed by atoms with Crippen molar-refractivity contribution in [2.75, 3.05) is 0 Å². The molecule has 0 bridgehead atoms. The highest BCUT2D eigenvalue weighted by Crippen LogP contribution is 2.50. The molecule has 0 spiro atoms. The Morgan fingerprint density at radius 3 is 2.57 bits per heavy atom. The fourth-order valence-corrected chi connectivity index (χ4v) is 2.70. The van der Waals surface area contributed by atoms with Crippen molar-refractivity contribution in [1.82, 2.24) is 0 Å². The summed E-state index contributed by atoms with van der Waals surface area (Å²) in [4.78, 5) is 23.3. The van der Waals surface area contributed by atoms with Gasteiger partial charge in [0.15, 0.2) is 0 Å². The Hall–Kier alpha value is -1.32. The van der Waals surface area contributed by atoms with Gasteiger partial charge in [-0.25, -0.2) is 0 Å². The van der Waals surface area contributed by atoms with Crippen LogP contribution in [-0.2, 0) is 14.3 Å². The van der Waals surface area contributed by atoms with E-state index in [-0.39, 0.29) is 12.0 Å². The summed E-state index contributed by atoms with van der Waals surface area (Å²) >= 11 is 0. The van der Waals surface area contributed by atoms with E-state index in [2.05, 4.69) is 6.58 Å². The minimum Gasteiger partial charge on any atom is -0.481 e. The first kappa shape index (κ1) is 17.7. The lowest BCUT2D eigenvalue weighted by Gasteiger charge is -2.26. The molecule has 3 atom stereocenters. The Labute approximate surface area is 127 Å². The number of hydrogen-bond donors (Lipinski definition) is 1. The number of aliphatic carboxylic acids is 1. The minimum absolute atomic E-state index is 0.0617. The number of carbonyl (C=O) groups excluding carboxylic acids is 1. The van der Waals surface area contributed by atoms with Crippen LogP contribution in [0.2, 0.25) is 0 Å². The number of carboxylic acid groups (broad SMARTS) is 1. The second-order valence-corrected chi connectivity index (χ2v) is 7.37. The quantitative estimate of drug-likeness (QED) is 0.420. The maximum atomic E-state index is 12.0. The molecule has 0 heterocycles. The third kappa shape index (κ3) is 5.18. The van der Waals surface area contributed by atoms with Crippen molar-refractivity contribution in [3.63, 3.8) is 0 Å². The Kier molecular flexibility index (Phi) is 5.60. The highest BCUT2D eigenvalue weighted by Gasteiger charge is 2.53. The number of ether oxygens (including phenoxy) is 1. The number of esters is 1. The van der Waals surface area contributed by atoms with Gasteiger partial charge in [0, 0.05) is 5.92 Å². The van der Waals surface area contributed by atoms with Gasteiger partial charge in [0.2, 0.25) is 0 Å². The molecule has 1 saturated carbocycles. The molecule has 1 aliphatic rings. The molecular formula is C17H28O4. The zero-order valence-electron chi connectivity index (χ0n) is 13.6. The first-order valence-electron chi connectivity index (χ1n) is 7.65. The van der Waals surface area contributed by atoms with Crippen molar-refractivity contribution in [2.24, 2.45) is 17.3 Å². The van der Waals surface area contributed by atoms with Gasteiger partial charge >= 0.3 is 11.9 Å². The van der Waals surface area contributed by atoms with Crippen LogP contribution < -0.4 is 0 Å². The fraction of sp³-hybridized carbons (Fsp3) is 0.765. The van der Waals surface area contributed by atoms with Gasteiger partial charge in [-0.2, -0.15) is 0 Å². The van der Waals surface area contributed by atoms with Crippen LogP contribution >= 0.6 is 0 Å². The van der Waals surface area contributed by atoms with Gasteiger partial charge in [-0.05, 0) is 38.0 Å². The van der Waals surface area contributed by atoms with E-state index in [1.165, 1.54) is 0 Å². The molecule has 0 aromatic rings. The van der Waals surface area contributed by atoms with Crippen molar-refractivity contribution in [3.8, 4) is 0 Å². The standard InChI is InChI=1S/C17H28O4/c1-6-7-8-9-12-11-17(12,5)21-14(18)10-13(15(19)20)16(2,3)4/h6,12-13H,1,7-11H2,2-5H3,(H,19,20)/t12-,13+,17-/m0/s1. The molecule has 4 heteroatoms. The summed E-state index contributed by atoms with van der Waals surface area (Å²) in [7, 11) is 0. The lowest BCUT2D eigenvalue weighted by atomic mass is 9.79. The Bertz CT molecular complexity index is 408. The van der Waals surface area contributed by atoms with Crippen LogP contribution in [0.3, 0.4) is 0 Å². The second-order valence-electron chi connectivity index (χ2n) is 7.37. The van der Waals surface area contributed by atoms with Crippen LogP contribution in [-0.4, -0.2) is 22.6 Å². The molecule has 1 N–H and O–H groups in total. The van der Waals surface area contributed by atoms with Gasteiger partial charge in [-0.1, -0.05) is 26.8 Å². The molecule has 0 saturated heterocycles. The fourth-order valence-electron chi connectivity index (χ4n) is 2.70. The van der Waals surface area contributed by atoms with E-state index in [0.29, 0.717) is 5.92 Å². The summed E-state index contributed by atoms with van der Waals surface area (Å²) < 4.78 is 5.54. The second kappa shape index (κ2) is 6.63. The van der Waals surface area contributed by atoms with Crippen molar-refractivity contribution in [3.05, 3.63) is 12.7 Å². The first-order chi connectivity index (χ1) is 9.60. The Morgan fingerprint density at radius 2 is 2.10 bits per heavy atom. The molecule has 0 unspecified atom stereocenters. The molecule has 0 aromatic heterocycles. The zero-order valence-corrected chi connectivity index (χ0v) is 13.6. The van der Waals surface area contributed by atoms with Gasteiger partial charge in [0.05, 0.1) is 12.3 Å². The van der Waals surface area contributed by atoms with Gasteiger partial charge in [0.1, 0.15) is 5.60 Å². The van der Waals surface area contributed by atoms with Crippen LogP contribution in [0.1, 0.15) is 59.8 Å². The highest BCUT2D eigenvalue weighted by atomic mass is 16.6. The summed E-state index contributed by atoms with van der Waals surface area (Å²) in [5, 5.41) is 9.25. The number of allylic oxidation sites excluding steroid dienone is 1. The molecular weight excluding hydrogens is 268 g/mol. The zero-order chi connectivity index (χ0) is 16.3. The summed E-state index contributed by atoms with van der Waals surface area (Å²) in [5.41, 5.74) is -0.849. The maximum Gasteiger partial charge on any atom is 0.307 e. The molecule has 21 heavy (non-hydrogen) atoms. The third-order valence-electron chi connectivity index (χ3n) is 4.38. The van der Waals surface area contributed by atoms with Crippen LogP contribution in [0.25, 0.3) is 0 Å². The van der Waals surface area contributed by atoms with Crippen LogP contribution in [0, 0.1) is 17.3 Å². The van der Waals surface area contributed by atoms with Crippen LogP contribution in [0.5, 0.6) is 0 Å². The maximum absolute atomic E-state index is 12.0. The Morgan fingerprint density at radius 1 is 1.48 bits per heavy atom. The smallest absolute Gasteiger partial charge is 0.307 e. The van der Waals surface area contributed by atoms with E-state index in [0.717, 1.165) is 25.7 Å². The summed E-state index contributed by atoms with van der Waals surface area (Å²) in [6.07, 6.45) is 5.77. The van der Waals surface area contributed by atoms with Crippen molar-refractivity contribution >= 4 is 11.9 Å². The predicted octanol–water partition coefficient (Wildman–Crippen LogP) is 3.80. The van der Waals surface area contributed by atoms with Crippen molar-refractivity contribution < 1.29 is 19.4 Å². The van der Waals surface area contributed by atoms with Crippen LogP contribution in [0.15, 0.2) is 12.7 Å². The molecule has 0 aromatic carbocycles. The topological polar surface area (TPSA) is 63.6 Å². The summed E-state index contributed by atoms with van der Waals surface area (Å²) in [6, 6.07) is 0. The molecule has 0 amide bonds. The molecule has 0 radical (unpaired) electrons. The van der Waals surface area contributed by atoms with Gasteiger partial charge in [-0.3, -0.25) is 9.59 Å². The predicted molar refractivity (Wildman–Crippen MR) is 81.8 cm³/mol. The summed E-state index contributed by atoms with van der Waals surface area (Å²) in [5.74, 6) is -1.65. The highest BCUT2D eigenvalue weighted by molar-refractivity contribution is 5.79. The van der Waals surface area contributed by atoms with Gasteiger partial charge < -0.3 is 9.84 Å². The average molecular weight is 296 g/mol. The third-order valence-corrected chi connectivity index (χ3v) is 4.38. The van der Waals surface area contributed by atoms with Crippen LogP contribution in [0.4, 0.5) is 0 Å². The lowest BCUT2D eigenvalue weighted by Crippen LogP contribution is -2.32. The minimum atomic E-state index is -0.942. The van der Waals surface area contributed by atoms with E-state index in [1.54, 1.807) is 0 Å². The lowest BCUT2D eigenvalue weighted by molar-refractivity contribution is -0.159. The number of hydrogen-bond acceptors (Lipinski definition) is 3. The SMILES string of the molecule is C=CCCC[C@H]1C[C@]1(C)OC(=O)C[C@H](C(=O)O)C(C)(C)C. The van der Waals surface area contributed by atoms with E-state index in [9.17, 15) is 14.7 Å². The van der Waals surface area contributed by atoms with Crippen molar-refractivity contribution in [1.29, 1.82) is 0 Å². The number of carbonyl (C=O) groups is 2. The molecule has 1 fully saturated rings. The van der Waals surface area contributed by atoms with Gasteiger partial charge in [-0.15, -0.1) is 6.58 Å². The number of unbranched alkanes of at least 4 members (excludes halogenated alkanes) is 1. The normalized spacial score (nSPS) is 26.0. The van der Waals surface area contributed by atoms with Crippen molar-refractivity contribution in [2.45, 2.75) is 65.4 Å². The number of carboxylic acids is 1. The van der Waals surface area contributed by atoms with E-state index in [1.807, 2.05) is 33.8 Å².